The van der Waals surface area contributed by atoms with E-state index in [4.69, 9.17) is 0 Å². The Hall–Kier alpha value is -1.95. The van der Waals surface area contributed by atoms with Crippen LogP contribution in [0.1, 0.15) is 11.1 Å². The summed E-state index contributed by atoms with van der Waals surface area (Å²) >= 11 is 3.39. The minimum Gasteiger partial charge on any atom is -0.435 e. The largest absolute Gasteiger partial charge is 0.435 e. The molecule has 2 aromatic carbocycles. The third-order valence-corrected chi connectivity index (χ3v) is 3.57. The van der Waals surface area contributed by atoms with Gasteiger partial charge in [-0.15, -0.1) is 0 Å². The van der Waals surface area contributed by atoms with Crippen LogP contribution < -0.4 is 10.1 Å². The zero-order chi connectivity index (χ0) is 16.1. The summed E-state index contributed by atoms with van der Waals surface area (Å²) in [5, 5.41) is 2.80. The fourth-order valence-electron chi connectivity index (χ4n) is 1.89. The molecule has 0 aliphatic heterocycles. The summed E-state index contributed by atoms with van der Waals surface area (Å²) in [6.07, 6.45) is 0.148. The minimum absolute atomic E-state index is 0.0698. The minimum atomic E-state index is -2.85. The Kier molecular flexibility index (Phi) is 5.49. The second-order valence-electron chi connectivity index (χ2n) is 4.73. The Morgan fingerprint density at radius 1 is 1.23 bits per heavy atom. The van der Waals surface area contributed by atoms with Gasteiger partial charge in [0, 0.05) is 4.47 Å². The first-order valence-corrected chi connectivity index (χ1v) is 7.33. The molecule has 3 nitrogen and oxygen atoms in total. The summed E-state index contributed by atoms with van der Waals surface area (Å²) in [4.78, 5) is 12.0. The SMILES string of the molecule is Cc1ccc(NC(=O)Cc2ccc(OC(F)F)cc2)c(Br)c1. The molecule has 0 unspecified atom stereocenters. The lowest BCUT2D eigenvalue weighted by Gasteiger charge is -2.09. The summed E-state index contributed by atoms with van der Waals surface area (Å²) in [5.41, 5.74) is 2.48. The predicted octanol–water partition coefficient (Wildman–Crippen LogP) is 4.54. The number of rotatable bonds is 5. The monoisotopic (exact) mass is 369 g/mol. The van der Waals surface area contributed by atoms with Gasteiger partial charge in [0.2, 0.25) is 5.91 Å². The van der Waals surface area contributed by atoms with Crippen molar-refractivity contribution >= 4 is 27.5 Å². The lowest BCUT2D eigenvalue weighted by Crippen LogP contribution is -2.14. The molecule has 0 saturated carbocycles. The van der Waals surface area contributed by atoms with Gasteiger partial charge in [-0.1, -0.05) is 18.2 Å². The second kappa shape index (κ2) is 7.35. The second-order valence-corrected chi connectivity index (χ2v) is 5.59. The Balaban J connectivity index is 1.97. The Morgan fingerprint density at radius 3 is 2.50 bits per heavy atom. The molecule has 0 aromatic heterocycles. The predicted molar refractivity (Wildman–Crippen MR) is 84.3 cm³/mol. The van der Waals surface area contributed by atoms with E-state index in [1.54, 1.807) is 12.1 Å². The van der Waals surface area contributed by atoms with Crippen molar-refractivity contribution in [2.45, 2.75) is 20.0 Å². The van der Waals surface area contributed by atoms with E-state index in [-0.39, 0.29) is 18.1 Å². The van der Waals surface area contributed by atoms with Gasteiger partial charge in [0.1, 0.15) is 5.75 Å². The van der Waals surface area contributed by atoms with Crippen LogP contribution in [0.4, 0.5) is 14.5 Å². The molecule has 1 amide bonds. The van der Waals surface area contributed by atoms with Crippen LogP contribution >= 0.6 is 15.9 Å². The van der Waals surface area contributed by atoms with Crippen molar-refractivity contribution in [3.05, 3.63) is 58.1 Å². The molecule has 0 bridgehead atoms. The maximum absolute atomic E-state index is 12.0. The van der Waals surface area contributed by atoms with Gasteiger partial charge in [-0.25, -0.2) is 0 Å². The van der Waals surface area contributed by atoms with Crippen molar-refractivity contribution in [1.82, 2.24) is 0 Å². The third-order valence-electron chi connectivity index (χ3n) is 2.91. The molecule has 0 aliphatic rings. The maximum Gasteiger partial charge on any atom is 0.387 e. The van der Waals surface area contributed by atoms with Crippen LogP contribution in [0.3, 0.4) is 0 Å². The van der Waals surface area contributed by atoms with E-state index in [1.807, 2.05) is 25.1 Å². The highest BCUT2D eigenvalue weighted by Crippen LogP contribution is 2.23. The Labute approximate surface area is 135 Å². The topological polar surface area (TPSA) is 38.3 Å². The molecule has 6 heteroatoms. The molecule has 2 rings (SSSR count). The van der Waals surface area contributed by atoms with E-state index in [1.165, 1.54) is 12.1 Å². The molecule has 0 atom stereocenters. The molecule has 0 fully saturated rings. The van der Waals surface area contributed by atoms with Crippen molar-refractivity contribution in [3.63, 3.8) is 0 Å². The molecule has 2 aromatic rings. The van der Waals surface area contributed by atoms with E-state index in [2.05, 4.69) is 26.0 Å². The van der Waals surface area contributed by atoms with Gasteiger partial charge in [-0.05, 0) is 58.2 Å². The molecule has 0 spiro atoms. The van der Waals surface area contributed by atoms with Crippen LogP contribution in [-0.4, -0.2) is 12.5 Å². The fourth-order valence-corrected chi connectivity index (χ4v) is 2.48. The first kappa shape index (κ1) is 16.4. The number of carbonyl (C=O) groups excluding carboxylic acids is 1. The third kappa shape index (κ3) is 4.80. The number of aryl methyl sites for hydroxylation is 1. The van der Waals surface area contributed by atoms with Gasteiger partial charge in [0.25, 0.3) is 0 Å². The number of hydrogen-bond acceptors (Lipinski definition) is 2. The van der Waals surface area contributed by atoms with Crippen LogP contribution in [0.15, 0.2) is 46.9 Å². The lowest BCUT2D eigenvalue weighted by atomic mass is 10.1. The average Bonchev–Trinajstić information content (AvgIpc) is 2.43. The molecule has 22 heavy (non-hydrogen) atoms. The summed E-state index contributed by atoms with van der Waals surface area (Å²) in [7, 11) is 0. The highest BCUT2D eigenvalue weighted by atomic mass is 79.9. The van der Waals surface area contributed by atoms with E-state index < -0.39 is 6.61 Å². The van der Waals surface area contributed by atoms with E-state index in [0.717, 1.165) is 10.0 Å². The van der Waals surface area contributed by atoms with E-state index >= 15 is 0 Å². The number of alkyl halides is 2. The number of carbonyl (C=O) groups is 1. The van der Waals surface area contributed by atoms with Gasteiger partial charge < -0.3 is 10.1 Å². The quantitative estimate of drug-likeness (QED) is 0.839. The van der Waals surface area contributed by atoms with Crippen LogP contribution in [-0.2, 0) is 11.2 Å². The molecule has 116 valence electrons. The number of ether oxygens (including phenoxy) is 1. The van der Waals surface area contributed by atoms with Crippen LogP contribution in [0.25, 0.3) is 0 Å². The molecule has 0 radical (unpaired) electrons. The summed E-state index contributed by atoms with van der Waals surface area (Å²) in [6, 6.07) is 11.6. The number of halogens is 3. The average molecular weight is 370 g/mol. The van der Waals surface area contributed by atoms with E-state index in [9.17, 15) is 13.6 Å². The van der Waals surface area contributed by atoms with Gasteiger partial charge in [-0.3, -0.25) is 4.79 Å². The van der Waals surface area contributed by atoms with Crippen molar-refractivity contribution in [1.29, 1.82) is 0 Å². The summed E-state index contributed by atoms with van der Waals surface area (Å²) < 4.78 is 29.2. The zero-order valence-corrected chi connectivity index (χ0v) is 13.4. The van der Waals surface area contributed by atoms with Crippen LogP contribution in [0.5, 0.6) is 5.75 Å². The number of anilines is 1. The molecule has 0 saturated heterocycles. The smallest absolute Gasteiger partial charge is 0.387 e. The van der Waals surface area contributed by atoms with Crippen LogP contribution in [0.2, 0.25) is 0 Å². The Morgan fingerprint density at radius 2 is 1.91 bits per heavy atom. The zero-order valence-electron chi connectivity index (χ0n) is 11.8. The molecule has 0 heterocycles. The fraction of sp³-hybridized carbons (Fsp3) is 0.188. The van der Waals surface area contributed by atoms with Gasteiger partial charge in [-0.2, -0.15) is 8.78 Å². The van der Waals surface area contributed by atoms with Gasteiger partial charge >= 0.3 is 6.61 Å². The lowest BCUT2D eigenvalue weighted by molar-refractivity contribution is -0.115. The molecule has 0 aliphatic carbocycles. The molecular weight excluding hydrogens is 356 g/mol. The first-order chi connectivity index (χ1) is 10.4. The normalized spacial score (nSPS) is 10.6. The van der Waals surface area contributed by atoms with Crippen molar-refractivity contribution in [2.75, 3.05) is 5.32 Å². The van der Waals surface area contributed by atoms with Gasteiger partial charge in [0.05, 0.1) is 12.1 Å². The highest BCUT2D eigenvalue weighted by molar-refractivity contribution is 9.10. The molecular formula is C16H14BrF2NO2. The number of hydrogen-bond donors (Lipinski definition) is 1. The van der Waals surface area contributed by atoms with Crippen LogP contribution in [0, 0.1) is 6.92 Å². The Bertz CT molecular complexity index is 660. The van der Waals surface area contributed by atoms with Gasteiger partial charge in [0.15, 0.2) is 0 Å². The van der Waals surface area contributed by atoms with Crippen molar-refractivity contribution in [3.8, 4) is 5.75 Å². The summed E-state index contributed by atoms with van der Waals surface area (Å²) in [6.45, 7) is -0.896. The maximum atomic E-state index is 12.0. The van der Waals surface area contributed by atoms with Crippen molar-refractivity contribution < 1.29 is 18.3 Å². The standard InChI is InChI=1S/C16H14BrF2NO2/c1-10-2-7-14(13(17)8-10)20-15(21)9-11-3-5-12(6-4-11)22-16(18)19/h2-8,16H,9H2,1H3,(H,20,21). The molecule has 1 N–H and O–H groups in total. The highest BCUT2D eigenvalue weighted by Gasteiger charge is 2.08. The van der Waals surface area contributed by atoms with Crippen molar-refractivity contribution in [2.24, 2.45) is 0 Å². The number of benzene rings is 2. The van der Waals surface area contributed by atoms with E-state index in [0.29, 0.717) is 11.3 Å². The first-order valence-electron chi connectivity index (χ1n) is 6.54. The summed E-state index contributed by atoms with van der Waals surface area (Å²) in [5.74, 6) is -0.118. The number of nitrogens with one attached hydrogen (secondary N) is 1. The number of amides is 1.